The van der Waals surface area contributed by atoms with Crippen LogP contribution in [-0.2, 0) is 9.59 Å². The van der Waals surface area contributed by atoms with Crippen LogP contribution in [0.5, 0.6) is 0 Å². The maximum atomic E-state index is 11.8. The van der Waals surface area contributed by atoms with E-state index in [1.54, 1.807) is 13.8 Å². The quantitative estimate of drug-likeness (QED) is 0.687. The molecule has 1 fully saturated rings. The van der Waals surface area contributed by atoms with Crippen LogP contribution in [0.1, 0.15) is 33.1 Å². The van der Waals surface area contributed by atoms with E-state index < -0.39 is 16.8 Å². The number of carboxylic acid groups (broad SMARTS) is 1. The molecule has 1 amide bonds. The van der Waals surface area contributed by atoms with Crippen molar-refractivity contribution in [2.24, 2.45) is 5.73 Å². The fraction of sp³-hybridized carbons (Fsp3) is 0.818. The van der Waals surface area contributed by atoms with E-state index in [0.29, 0.717) is 6.54 Å². The lowest BCUT2D eigenvalue weighted by Crippen LogP contribution is -2.48. The van der Waals surface area contributed by atoms with Gasteiger partial charge in [0.1, 0.15) is 6.04 Å². The summed E-state index contributed by atoms with van der Waals surface area (Å²) in [6.07, 6.45) is 2.75. The first-order chi connectivity index (χ1) is 7.84. The molecule has 0 spiro atoms. The van der Waals surface area contributed by atoms with Crippen LogP contribution in [0.3, 0.4) is 0 Å². The van der Waals surface area contributed by atoms with Crippen molar-refractivity contribution in [2.45, 2.75) is 49.1 Å². The fourth-order valence-electron chi connectivity index (χ4n) is 1.76. The molecular formula is C11H20N2O3S. The minimum Gasteiger partial charge on any atom is -0.480 e. The van der Waals surface area contributed by atoms with Gasteiger partial charge in [-0.1, -0.05) is 6.42 Å². The van der Waals surface area contributed by atoms with Gasteiger partial charge in [-0.2, -0.15) is 0 Å². The lowest BCUT2D eigenvalue weighted by Gasteiger charge is -2.31. The number of thioether (sulfide) groups is 1. The van der Waals surface area contributed by atoms with Crippen LogP contribution in [-0.4, -0.2) is 39.6 Å². The van der Waals surface area contributed by atoms with Crippen molar-refractivity contribution in [1.82, 2.24) is 5.32 Å². The molecule has 1 heterocycles. The average molecular weight is 260 g/mol. The summed E-state index contributed by atoms with van der Waals surface area (Å²) >= 11 is 1.36. The van der Waals surface area contributed by atoms with Gasteiger partial charge in [0, 0.05) is 11.3 Å². The van der Waals surface area contributed by atoms with E-state index in [1.165, 1.54) is 11.8 Å². The summed E-state index contributed by atoms with van der Waals surface area (Å²) < 4.78 is -0.655. The molecule has 98 valence electrons. The van der Waals surface area contributed by atoms with Crippen molar-refractivity contribution >= 4 is 23.6 Å². The van der Waals surface area contributed by atoms with Crippen LogP contribution in [0.4, 0.5) is 0 Å². The Balaban J connectivity index is 2.67. The molecule has 17 heavy (non-hydrogen) atoms. The first-order valence-corrected chi connectivity index (χ1v) is 6.66. The molecule has 0 aliphatic carbocycles. The molecule has 0 saturated carbocycles. The molecule has 0 aromatic rings. The highest BCUT2D eigenvalue weighted by Crippen LogP contribution is 2.34. The van der Waals surface area contributed by atoms with E-state index in [2.05, 4.69) is 5.32 Å². The Morgan fingerprint density at radius 1 is 1.59 bits per heavy atom. The van der Waals surface area contributed by atoms with Crippen LogP contribution >= 0.6 is 11.8 Å². The van der Waals surface area contributed by atoms with Crippen molar-refractivity contribution in [2.75, 3.05) is 6.54 Å². The number of carboxylic acids is 1. The van der Waals surface area contributed by atoms with Crippen LogP contribution < -0.4 is 11.1 Å². The molecule has 5 nitrogen and oxygen atoms in total. The number of aliphatic carboxylic acids is 1. The van der Waals surface area contributed by atoms with Crippen LogP contribution in [0.15, 0.2) is 0 Å². The zero-order chi connectivity index (χ0) is 13.1. The second kappa shape index (κ2) is 5.73. The molecule has 0 aromatic heterocycles. The normalized spacial score (nSPS) is 23.7. The van der Waals surface area contributed by atoms with Gasteiger partial charge in [0.2, 0.25) is 5.91 Å². The topological polar surface area (TPSA) is 92.4 Å². The number of carbonyl (C=O) groups is 2. The van der Waals surface area contributed by atoms with Gasteiger partial charge in [-0.05, 0) is 26.7 Å². The number of rotatable bonds is 4. The lowest BCUT2D eigenvalue weighted by molar-refractivity contribution is -0.139. The van der Waals surface area contributed by atoms with Gasteiger partial charge < -0.3 is 16.2 Å². The number of hydrogen-bond donors (Lipinski definition) is 3. The Morgan fingerprint density at radius 3 is 2.82 bits per heavy atom. The van der Waals surface area contributed by atoms with Crippen molar-refractivity contribution in [1.29, 1.82) is 0 Å². The number of carbonyl (C=O) groups excluding carboxylic acids is 1. The van der Waals surface area contributed by atoms with Crippen molar-refractivity contribution in [3.8, 4) is 0 Å². The molecule has 1 unspecified atom stereocenters. The third-order valence-electron chi connectivity index (χ3n) is 2.95. The molecule has 0 bridgehead atoms. The van der Waals surface area contributed by atoms with Gasteiger partial charge in [-0.3, -0.25) is 9.59 Å². The van der Waals surface area contributed by atoms with E-state index in [9.17, 15) is 9.59 Å². The second-order valence-corrected chi connectivity index (χ2v) is 6.67. The zero-order valence-electron chi connectivity index (χ0n) is 10.2. The number of nitrogens with two attached hydrogens (primary N) is 1. The predicted molar refractivity (Wildman–Crippen MR) is 67.9 cm³/mol. The maximum Gasteiger partial charge on any atom is 0.321 e. The molecule has 6 heteroatoms. The highest BCUT2D eigenvalue weighted by atomic mass is 32.2. The smallest absolute Gasteiger partial charge is 0.321 e. The van der Waals surface area contributed by atoms with Gasteiger partial charge >= 0.3 is 5.97 Å². The molecular weight excluding hydrogens is 240 g/mol. The molecule has 2 atom stereocenters. The second-order valence-electron chi connectivity index (χ2n) is 4.81. The maximum absolute atomic E-state index is 11.8. The minimum absolute atomic E-state index is 0.00170. The third-order valence-corrected chi connectivity index (χ3v) is 4.54. The highest BCUT2D eigenvalue weighted by molar-refractivity contribution is 8.02. The standard InChI is InChI=1S/C11H20N2O3S/c1-11(2,8(12)10(15)16)17-7-5-3-4-6-13-9(7)14/h7-8H,3-6,12H2,1-2H3,(H,13,14)(H,15,16)/t7?,8-/m0/s1. The lowest BCUT2D eigenvalue weighted by atomic mass is 10.1. The van der Waals surface area contributed by atoms with Crippen LogP contribution in [0.25, 0.3) is 0 Å². The summed E-state index contributed by atoms with van der Waals surface area (Å²) in [5.74, 6) is -1.03. The van der Waals surface area contributed by atoms with Gasteiger partial charge in [-0.15, -0.1) is 11.8 Å². The molecule has 0 radical (unpaired) electrons. The Morgan fingerprint density at radius 2 is 2.24 bits per heavy atom. The fourth-order valence-corrected chi connectivity index (χ4v) is 3.22. The summed E-state index contributed by atoms with van der Waals surface area (Å²) in [4.78, 5) is 22.7. The summed E-state index contributed by atoms with van der Waals surface area (Å²) in [6.45, 7) is 4.25. The summed E-state index contributed by atoms with van der Waals surface area (Å²) in [6, 6.07) is -0.969. The van der Waals surface area contributed by atoms with Crippen molar-refractivity contribution in [3.05, 3.63) is 0 Å². The SMILES string of the molecule is CC(C)(SC1CCCCNC1=O)[C@@H](N)C(=O)O. The molecule has 1 saturated heterocycles. The predicted octanol–water partition coefficient (Wildman–Crippen LogP) is 0.579. The Bertz CT molecular complexity index is 307. The van der Waals surface area contributed by atoms with Crippen LogP contribution in [0.2, 0.25) is 0 Å². The Labute approximate surface area is 106 Å². The van der Waals surface area contributed by atoms with Crippen molar-refractivity contribution in [3.63, 3.8) is 0 Å². The molecule has 4 N–H and O–H groups in total. The minimum atomic E-state index is -1.03. The van der Waals surface area contributed by atoms with Crippen molar-refractivity contribution < 1.29 is 14.7 Å². The number of hydrogen-bond acceptors (Lipinski definition) is 4. The Hall–Kier alpha value is -0.750. The first-order valence-electron chi connectivity index (χ1n) is 5.78. The largest absolute Gasteiger partial charge is 0.480 e. The van der Waals surface area contributed by atoms with E-state index >= 15 is 0 Å². The van der Waals surface area contributed by atoms with E-state index in [-0.39, 0.29) is 11.2 Å². The van der Waals surface area contributed by atoms with E-state index in [1.807, 2.05) is 0 Å². The van der Waals surface area contributed by atoms with Gasteiger partial charge in [0.15, 0.2) is 0 Å². The van der Waals surface area contributed by atoms with Gasteiger partial charge in [-0.25, -0.2) is 0 Å². The highest BCUT2D eigenvalue weighted by Gasteiger charge is 2.37. The summed E-state index contributed by atoms with van der Waals surface area (Å²) in [7, 11) is 0. The summed E-state index contributed by atoms with van der Waals surface area (Å²) in [5.41, 5.74) is 5.64. The monoisotopic (exact) mass is 260 g/mol. The van der Waals surface area contributed by atoms with Gasteiger partial charge in [0.05, 0.1) is 5.25 Å². The molecule has 1 rings (SSSR count). The molecule has 0 aromatic carbocycles. The molecule has 1 aliphatic rings. The third kappa shape index (κ3) is 3.89. The number of amides is 1. The number of nitrogens with one attached hydrogen (secondary N) is 1. The first kappa shape index (κ1) is 14.3. The van der Waals surface area contributed by atoms with E-state index in [4.69, 9.17) is 10.8 Å². The van der Waals surface area contributed by atoms with Crippen LogP contribution in [0, 0.1) is 0 Å². The summed E-state index contributed by atoms with van der Waals surface area (Å²) in [5, 5.41) is 11.6. The van der Waals surface area contributed by atoms with Gasteiger partial charge in [0.25, 0.3) is 0 Å². The average Bonchev–Trinajstić information content (AvgIpc) is 2.43. The van der Waals surface area contributed by atoms with E-state index in [0.717, 1.165) is 19.3 Å². The molecule has 1 aliphatic heterocycles. The zero-order valence-corrected chi connectivity index (χ0v) is 11.0. The Kier molecular flexibility index (Phi) is 4.82.